The first kappa shape index (κ1) is 11.6. The van der Waals surface area contributed by atoms with Crippen LogP contribution in [0.3, 0.4) is 0 Å². The van der Waals surface area contributed by atoms with E-state index in [1.54, 1.807) is 34.7 Å². The summed E-state index contributed by atoms with van der Waals surface area (Å²) in [5, 5.41) is 0. The smallest absolute Gasteiger partial charge is 0.222 e. The second-order valence-corrected chi connectivity index (χ2v) is 5.20. The van der Waals surface area contributed by atoms with E-state index < -0.39 is 0 Å². The normalized spacial score (nSPS) is 11.5. The van der Waals surface area contributed by atoms with E-state index in [4.69, 9.17) is 0 Å². The highest BCUT2D eigenvalue weighted by Gasteiger charge is 2.18. The van der Waals surface area contributed by atoms with Crippen molar-refractivity contribution in [2.75, 3.05) is 0 Å². The predicted molar refractivity (Wildman–Crippen MR) is 63.5 cm³/mol. The van der Waals surface area contributed by atoms with Crippen molar-refractivity contribution < 1.29 is 9.18 Å². The molecule has 0 aromatic heterocycles. The van der Waals surface area contributed by atoms with E-state index in [0.717, 1.165) is 0 Å². The molecule has 76 valence electrons. The molecule has 0 saturated carbocycles. The molecule has 1 aromatic rings. The molecule has 0 aliphatic rings. The Labute approximate surface area is 96.8 Å². The number of hydrogen-bond donors (Lipinski definition) is 0. The van der Waals surface area contributed by atoms with Gasteiger partial charge >= 0.3 is 0 Å². The van der Waals surface area contributed by atoms with Crippen LogP contribution in [0, 0.1) is 5.82 Å². The highest BCUT2D eigenvalue weighted by Crippen LogP contribution is 2.26. The molecule has 0 bridgehead atoms. The molecule has 1 rings (SSSR count). The van der Waals surface area contributed by atoms with Crippen LogP contribution in [0.25, 0.3) is 0 Å². The van der Waals surface area contributed by atoms with E-state index in [9.17, 15) is 9.18 Å². The summed E-state index contributed by atoms with van der Waals surface area (Å²) in [6.45, 7) is 5.82. The molecule has 1 aromatic carbocycles. The summed E-state index contributed by atoms with van der Waals surface area (Å²) in [7, 11) is 0. The van der Waals surface area contributed by atoms with Gasteiger partial charge in [0.1, 0.15) is 5.82 Å². The lowest BCUT2D eigenvalue weighted by atomic mass is 9.86. The van der Waals surface area contributed by atoms with Crippen molar-refractivity contribution in [1.82, 2.24) is 0 Å². The topological polar surface area (TPSA) is 17.1 Å². The third-order valence-electron chi connectivity index (χ3n) is 2.00. The molecule has 0 radical (unpaired) electrons. The maximum Gasteiger partial charge on any atom is 0.222 e. The van der Waals surface area contributed by atoms with Crippen molar-refractivity contribution >= 4 is 26.4 Å². The zero-order chi connectivity index (χ0) is 10.9. The Morgan fingerprint density at radius 3 is 2.29 bits per heavy atom. The first-order chi connectivity index (χ1) is 6.32. The minimum absolute atomic E-state index is 0.137. The summed E-state index contributed by atoms with van der Waals surface area (Å²) in [5.74, 6) is -0.306. The first-order valence-electron chi connectivity index (χ1n) is 4.32. The molecule has 0 N–H and O–H groups in total. The lowest BCUT2D eigenvalue weighted by Gasteiger charge is -2.19. The molecule has 0 atom stereocenters. The van der Waals surface area contributed by atoms with Gasteiger partial charge in [-0.25, -0.2) is 4.39 Å². The Hall–Kier alpha value is -0.450. The molecule has 0 aliphatic heterocycles. The van der Waals surface area contributed by atoms with Crippen LogP contribution in [0.4, 0.5) is 4.39 Å². The number of carbonyl (C=O) groups is 1. The average Bonchev–Trinajstić information content (AvgIpc) is 2.01. The fraction of sp³-hybridized carbons (Fsp3) is 0.364. The van der Waals surface area contributed by atoms with Crippen molar-refractivity contribution in [1.29, 1.82) is 0 Å². The predicted octanol–water partition coefficient (Wildman–Crippen LogP) is 3.70. The van der Waals surface area contributed by atoms with Crippen LogP contribution in [0.2, 0.25) is 0 Å². The van der Waals surface area contributed by atoms with E-state index in [2.05, 4.69) is 0 Å². The number of halogens is 2. The molecule has 0 amide bonds. The highest BCUT2D eigenvalue weighted by atomic mass is 127. The molecular weight excluding hydrogens is 294 g/mol. The maximum atomic E-state index is 13.6. The van der Waals surface area contributed by atoms with Gasteiger partial charge in [-0.15, -0.1) is 0 Å². The summed E-state index contributed by atoms with van der Waals surface area (Å²) >= 11 is 1.65. The van der Waals surface area contributed by atoms with E-state index in [0.29, 0.717) is 11.1 Å². The molecule has 0 unspecified atom stereocenters. The summed E-state index contributed by atoms with van der Waals surface area (Å²) < 4.78 is 13.4. The minimum atomic E-state index is -0.306. The van der Waals surface area contributed by atoms with Crippen molar-refractivity contribution in [3.63, 3.8) is 0 Å². The Morgan fingerprint density at radius 1 is 1.36 bits per heavy atom. The third kappa shape index (κ3) is 2.53. The molecule has 1 nitrogen and oxygen atoms in total. The van der Waals surface area contributed by atoms with Gasteiger partial charge in [0.15, 0.2) is 0 Å². The molecule has 0 fully saturated rings. The Kier molecular flexibility index (Phi) is 3.29. The van der Waals surface area contributed by atoms with Crippen molar-refractivity contribution in [2.24, 2.45) is 0 Å². The summed E-state index contributed by atoms with van der Waals surface area (Å²) in [6, 6.07) is 4.65. The van der Waals surface area contributed by atoms with Crippen molar-refractivity contribution in [3.05, 3.63) is 35.1 Å². The van der Waals surface area contributed by atoms with Crippen LogP contribution in [0.5, 0.6) is 0 Å². The number of hydrogen-bond acceptors (Lipinski definition) is 1. The lowest BCUT2D eigenvalue weighted by Crippen LogP contribution is -2.13. The Bertz CT molecular complexity index is 366. The van der Waals surface area contributed by atoms with Crippen molar-refractivity contribution in [2.45, 2.75) is 26.2 Å². The van der Waals surface area contributed by atoms with Gasteiger partial charge in [-0.3, -0.25) is 4.79 Å². The Balaban J connectivity index is 3.21. The van der Waals surface area contributed by atoms with E-state index in [-0.39, 0.29) is 15.0 Å². The van der Waals surface area contributed by atoms with Gasteiger partial charge < -0.3 is 0 Å². The van der Waals surface area contributed by atoms with E-state index >= 15 is 0 Å². The zero-order valence-corrected chi connectivity index (χ0v) is 10.6. The SMILES string of the molecule is CC(C)(C)c1ccc(C(=O)I)cc1F. The molecule has 0 aliphatic carbocycles. The van der Waals surface area contributed by atoms with Gasteiger partial charge in [0.25, 0.3) is 0 Å². The molecule has 3 heteroatoms. The average molecular weight is 306 g/mol. The Morgan fingerprint density at radius 2 is 1.93 bits per heavy atom. The van der Waals surface area contributed by atoms with Crippen LogP contribution >= 0.6 is 22.6 Å². The van der Waals surface area contributed by atoms with Gasteiger partial charge in [-0.1, -0.05) is 32.9 Å². The molecular formula is C11H12FIO. The molecule has 0 spiro atoms. The van der Waals surface area contributed by atoms with Crippen LogP contribution in [-0.2, 0) is 5.41 Å². The zero-order valence-electron chi connectivity index (χ0n) is 8.40. The summed E-state index contributed by atoms with van der Waals surface area (Å²) in [5.41, 5.74) is 0.826. The van der Waals surface area contributed by atoms with Crippen LogP contribution < -0.4 is 0 Å². The van der Waals surface area contributed by atoms with Gasteiger partial charge in [-0.2, -0.15) is 0 Å². The second-order valence-electron chi connectivity index (χ2n) is 4.22. The second kappa shape index (κ2) is 3.96. The highest BCUT2D eigenvalue weighted by molar-refractivity contribution is 14.1. The quantitative estimate of drug-likeness (QED) is 0.571. The van der Waals surface area contributed by atoms with Gasteiger partial charge in [-0.05, 0) is 17.0 Å². The lowest BCUT2D eigenvalue weighted by molar-refractivity contribution is 0.110. The monoisotopic (exact) mass is 306 g/mol. The number of benzene rings is 1. The van der Waals surface area contributed by atoms with E-state index in [1.807, 2.05) is 20.8 Å². The summed E-state index contributed by atoms with van der Waals surface area (Å²) in [4.78, 5) is 11.0. The standard InChI is InChI=1S/C11H12FIO/c1-11(2,3)8-5-4-7(10(13)14)6-9(8)12/h4-6H,1-3H3. The van der Waals surface area contributed by atoms with E-state index in [1.165, 1.54) is 6.07 Å². The minimum Gasteiger partial charge on any atom is -0.282 e. The molecule has 0 saturated heterocycles. The maximum absolute atomic E-state index is 13.6. The summed E-state index contributed by atoms with van der Waals surface area (Å²) in [6.07, 6.45) is 0. The third-order valence-corrected chi connectivity index (χ3v) is 2.63. The largest absolute Gasteiger partial charge is 0.282 e. The number of carbonyl (C=O) groups excluding carboxylic acids is 1. The van der Waals surface area contributed by atoms with Crippen LogP contribution in [0.1, 0.15) is 36.7 Å². The fourth-order valence-electron chi connectivity index (χ4n) is 1.25. The van der Waals surface area contributed by atoms with Gasteiger partial charge in [0.05, 0.1) is 0 Å². The van der Waals surface area contributed by atoms with Crippen molar-refractivity contribution in [3.8, 4) is 0 Å². The fourth-order valence-corrected chi connectivity index (χ4v) is 1.58. The van der Waals surface area contributed by atoms with Crippen LogP contribution in [-0.4, -0.2) is 3.79 Å². The molecule has 14 heavy (non-hydrogen) atoms. The molecule has 0 heterocycles. The number of rotatable bonds is 1. The first-order valence-corrected chi connectivity index (χ1v) is 5.40. The van der Waals surface area contributed by atoms with Gasteiger partial charge in [0, 0.05) is 28.2 Å². The van der Waals surface area contributed by atoms with Gasteiger partial charge in [0.2, 0.25) is 3.79 Å². The van der Waals surface area contributed by atoms with Crippen LogP contribution in [0.15, 0.2) is 18.2 Å².